The Bertz CT molecular complexity index is 655. The van der Waals surface area contributed by atoms with Crippen molar-refractivity contribution in [1.29, 1.82) is 0 Å². The molecule has 1 fully saturated rings. The average molecular weight is 378 g/mol. The fourth-order valence-corrected chi connectivity index (χ4v) is 2.78. The summed E-state index contributed by atoms with van der Waals surface area (Å²) < 4.78 is 11.2. The van der Waals surface area contributed by atoms with Crippen LogP contribution in [-0.4, -0.2) is 66.2 Å². The minimum atomic E-state index is -1.11. The van der Waals surface area contributed by atoms with Crippen LogP contribution in [0.3, 0.4) is 0 Å². The molecule has 0 spiro atoms. The first-order valence-electron chi connectivity index (χ1n) is 9.01. The van der Waals surface area contributed by atoms with Gasteiger partial charge in [0.2, 0.25) is 5.91 Å². The van der Waals surface area contributed by atoms with E-state index in [0.29, 0.717) is 17.9 Å². The van der Waals surface area contributed by atoms with Gasteiger partial charge in [-0.15, -0.1) is 0 Å². The summed E-state index contributed by atoms with van der Waals surface area (Å²) in [7, 11) is 0. The molecule has 0 aliphatic carbocycles. The molecular formula is C19H26N2O6. The van der Waals surface area contributed by atoms with Crippen molar-refractivity contribution in [3.63, 3.8) is 0 Å². The van der Waals surface area contributed by atoms with Gasteiger partial charge in [0.15, 0.2) is 0 Å². The third kappa shape index (κ3) is 6.25. The molecule has 2 rings (SSSR count). The van der Waals surface area contributed by atoms with E-state index in [1.165, 1.54) is 18.7 Å². The number of nitrogens with zero attached hydrogens (tertiary/aromatic N) is 1. The van der Waals surface area contributed by atoms with Crippen molar-refractivity contribution in [1.82, 2.24) is 10.2 Å². The smallest absolute Gasteiger partial charge is 0.326 e. The highest BCUT2D eigenvalue weighted by molar-refractivity contribution is 5.96. The molecule has 0 radical (unpaired) electrons. The number of ether oxygens (including phenoxy) is 2. The highest BCUT2D eigenvalue weighted by atomic mass is 16.5. The van der Waals surface area contributed by atoms with Crippen molar-refractivity contribution in [2.75, 3.05) is 26.3 Å². The molecule has 2 unspecified atom stereocenters. The van der Waals surface area contributed by atoms with E-state index in [1.54, 1.807) is 24.3 Å². The molecule has 1 aromatic carbocycles. The molecule has 1 aromatic rings. The molecule has 2 amide bonds. The minimum Gasteiger partial charge on any atom is -0.491 e. The number of amides is 2. The van der Waals surface area contributed by atoms with Gasteiger partial charge in [0, 0.05) is 32.2 Å². The quantitative estimate of drug-likeness (QED) is 0.671. The number of nitrogens with one attached hydrogen (secondary N) is 1. The van der Waals surface area contributed by atoms with Crippen LogP contribution in [0.25, 0.3) is 0 Å². The van der Waals surface area contributed by atoms with Crippen LogP contribution in [0.15, 0.2) is 24.3 Å². The van der Waals surface area contributed by atoms with E-state index in [-0.39, 0.29) is 25.1 Å². The van der Waals surface area contributed by atoms with Crippen molar-refractivity contribution in [3.05, 3.63) is 29.8 Å². The first kappa shape index (κ1) is 20.7. The summed E-state index contributed by atoms with van der Waals surface area (Å²) in [6.07, 6.45) is 2.12. The zero-order valence-corrected chi connectivity index (χ0v) is 15.6. The summed E-state index contributed by atoms with van der Waals surface area (Å²) in [5, 5.41) is 11.8. The molecule has 0 aromatic heterocycles. The number of carbonyl (C=O) groups excluding carboxylic acids is 2. The van der Waals surface area contributed by atoms with Crippen LogP contribution in [0.4, 0.5) is 0 Å². The van der Waals surface area contributed by atoms with Crippen LogP contribution in [0, 0.1) is 0 Å². The maximum absolute atomic E-state index is 12.7. The van der Waals surface area contributed by atoms with Crippen molar-refractivity contribution in [3.8, 4) is 5.75 Å². The summed E-state index contributed by atoms with van der Waals surface area (Å²) in [5.74, 6) is -1.14. The second-order valence-corrected chi connectivity index (χ2v) is 6.47. The Labute approximate surface area is 158 Å². The molecule has 8 heteroatoms. The van der Waals surface area contributed by atoms with Gasteiger partial charge in [0.05, 0.1) is 6.10 Å². The first-order valence-corrected chi connectivity index (χ1v) is 9.01. The van der Waals surface area contributed by atoms with Crippen LogP contribution < -0.4 is 10.1 Å². The third-order valence-electron chi connectivity index (χ3n) is 4.37. The summed E-state index contributed by atoms with van der Waals surface area (Å²) in [5.41, 5.74) is 0.357. The molecule has 2 atom stereocenters. The minimum absolute atomic E-state index is 0.100. The Balaban J connectivity index is 1.99. The van der Waals surface area contributed by atoms with Crippen LogP contribution in [0.1, 0.15) is 37.0 Å². The fraction of sp³-hybridized carbons (Fsp3) is 0.526. The van der Waals surface area contributed by atoms with Gasteiger partial charge >= 0.3 is 5.97 Å². The topological polar surface area (TPSA) is 105 Å². The number of aliphatic carboxylic acids is 1. The molecule has 8 nitrogen and oxygen atoms in total. The largest absolute Gasteiger partial charge is 0.491 e. The normalized spacial score (nSPS) is 17.2. The molecule has 0 bridgehead atoms. The number of hydrogen-bond acceptors (Lipinski definition) is 5. The van der Waals surface area contributed by atoms with Crippen molar-refractivity contribution in [2.24, 2.45) is 0 Å². The highest BCUT2D eigenvalue weighted by Gasteiger charge is 2.26. The predicted molar refractivity (Wildman–Crippen MR) is 97.7 cm³/mol. The van der Waals surface area contributed by atoms with Crippen molar-refractivity contribution in [2.45, 2.75) is 38.8 Å². The number of carboxylic acids is 1. The maximum Gasteiger partial charge on any atom is 0.326 e. The predicted octanol–water partition coefficient (Wildman–Crippen LogP) is 1.30. The summed E-state index contributed by atoms with van der Waals surface area (Å²) in [4.78, 5) is 36.3. The van der Waals surface area contributed by atoms with Gasteiger partial charge in [0.1, 0.15) is 18.4 Å². The molecule has 148 valence electrons. The van der Waals surface area contributed by atoms with E-state index in [4.69, 9.17) is 9.47 Å². The maximum atomic E-state index is 12.7. The zero-order valence-electron chi connectivity index (χ0n) is 15.6. The lowest BCUT2D eigenvalue weighted by Gasteiger charge is -2.26. The summed E-state index contributed by atoms with van der Waals surface area (Å²) >= 11 is 0. The fourth-order valence-electron chi connectivity index (χ4n) is 2.78. The summed E-state index contributed by atoms with van der Waals surface area (Å²) in [6, 6.07) is 5.56. The van der Waals surface area contributed by atoms with Crippen LogP contribution in [0.2, 0.25) is 0 Å². The lowest BCUT2D eigenvalue weighted by molar-refractivity contribution is -0.141. The number of hydrogen-bond donors (Lipinski definition) is 2. The Hall–Kier alpha value is -2.61. The first-order chi connectivity index (χ1) is 12.9. The van der Waals surface area contributed by atoms with E-state index in [1.807, 2.05) is 0 Å². The van der Waals surface area contributed by atoms with Crippen LogP contribution in [-0.2, 0) is 14.3 Å². The Morgan fingerprint density at radius 2 is 2.04 bits per heavy atom. The van der Waals surface area contributed by atoms with E-state index >= 15 is 0 Å². The van der Waals surface area contributed by atoms with E-state index in [0.717, 1.165) is 19.4 Å². The van der Waals surface area contributed by atoms with Gasteiger partial charge in [-0.3, -0.25) is 9.59 Å². The average Bonchev–Trinajstić information content (AvgIpc) is 3.16. The Morgan fingerprint density at radius 3 is 2.59 bits per heavy atom. The van der Waals surface area contributed by atoms with E-state index in [2.05, 4.69) is 5.32 Å². The second-order valence-electron chi connectivity index (χ2n) is 6.47. The van der Waals surface area contributed by atoms with Gasteiger partial charge in [-0.25, -0.2) is 4.79 Å². The molecular weight excluding hydrogens is 352 g/mol. The van der Waals surface area contributed by atoms with Gasteiger partial charge in [0.25, 0.3) is 5.91 Å². The standard InChI is InChI=1S/C19H26N2O6/c1-13(19(24)25)21(10-9-20-14(2)22)18(23)15-5-7-16(8-6-15)27-12-17-4-3-11-26-17/h5-8,13,17H,3-4,9-12H2,1-2H3,(H,20,22)(H,24,25). The van der Waals surface area contributed by atoms with Crippen molar-refractivity contribution >= 4 is 17.8 Å². The van der Waals surface area contributed by atoms with Gasteiger partial charge in [-0.05, 0) is 44.0 Å². The zero-order chi connectivity index (χ0) is 19.8. The lowest BCUT2D eigenvalue weighted by Crippen LogP contribution is -2.46. The van der Waals surface area contributed by atoms with Gasteiger partial charge in [-0.1, -0.05) is 0 Å². The number of carboxylic acid groups (broad SMARTS) is 1. The molecule has 1 heterocycles. The number of benzene rings is 1. The summed E-state index contributed by atoms with van der Waals surface area (Å²) in [6.45, 7) is 4.31. The molecule has 1 aliphatic rings. The lowest BCUT2D eigenvalue weighted by atomic mass is 10.1. The monoisotopic (exact) mass is 378 g/mol. The van der Waals surface area contributed by atoms with E-state index < -0.39 is 17.9 Å². The molecule has 1 aliphatic heterocycles. The van der Waals surface area contributed by atoms with Crippen LogP contribution >= 0.6 is 0 Å². The number of rotatable bonds is 9. The second kappa shape index (κ2) is 9.91. The Morgan fingerprint density at radius 1 is 1.33 bits per heavy atom. The molecule has 2 N–H and O–H groups in total. The molecule has 0 saturated carbocycles. The van der Waals surface area contributed by atoms with Crippen LogP contribution in [0.5, 0.6) is 5.75 Å². The molecule has 1 saturated heterocycles. The highest BCUT2D eigenvalue weighted by Crippen LogP contribution is 2.18. The van der Waals surface area contributed by atoms with Gasteiger partial charge in [-0.2, -0.15) is 0 Å². The molecule has 27 heavy (non-hydrogen) atoms. The van der Waals surface area contributed by atoms with E-state index in [9.17, 15) is 19.5 Å². The SMILES string of the molecule is CC(=O)NCCN(C(=O)c1ccc(OCC2CCCO2)cc1)C(C)C(=O)O. The Kier molecular flexibility index (Phi) is 7.60. The third-order valence-corrected chi connectivity index (χ3v) is 4.37. The van der Waals surface area contributed by atoms with Gasteiger partial charge < -0.3 is 24.8 Å². The van der Waals surface area contributed by atoms with Crippen molar-refractivity contribution < 1.29 is 29.0 Å². The number of carbonyl (C=O) groups is 3.